The minimum absolute atomic E-state index is 0.315. The lowest BCUT2D eigenvalue weighted by Gasteiger charge is -2.22. The normalized spacial score (nSPS) is 33.5. The van der Waals surface area contributed by atoms with Crippen molar-refractivity contribution in [3.05, 3.63) is 0 Å². The maximum Gasteiger partial charge on any atom is 0.223 e. The van der Waals surface area contributed by atoms with Crippen molar-refractivity contribution in [1.82, 2.24) is 5.32 Å². The molecular formula is C17H29NO2. The van der Waals surface area contributed by atoms with Gasteiger partial charge in [-0.2, -0.15) is 0 Å². The van der Waals surface area contributed by atoms with Crippen LogP contribution in [0.4, 0.5) is 0 Å². The molecule has 0 aliphatic heterocycles. The second-order valence-corrected chi connectivity index (χ2v) is 7.06. The zero-order valence-electron chi connectivity index (χ0n) is 12.6. The molecule has 3 fully saturated rings. The lowest BCUT2D eigenvalue weighted by Crippen LogP contribution is -2.34. The van der Waals surface area contributed by atoms with Crippen molar-refractivity contribution in [3.8, 4) is 0 Å². The van der Waals surface area contributed by atoms with Crippen LogP contribution in [0.5, 0.6) is 0 Å². The van der Waals surface area contributed by atoms with Gasteiger partial charge in [-0.3, -0.25) is 4.79 Å². The summed E-state index contributed by atoms with van der Waals surface area (Å²) in [5.41, 5.74) is 0. The molecule has 3 aliphatic carbocycles. The Bertz CT molecular complexity index is 325. The number of ether oxygens (including phenoxy) is 1. The Hall–Kier alpha value is -0.570. The van der Waals surface area contributed by atoms with Crippen molar-refractivity contribution in [2.75, 3.05) is 13.2 Å². The number of carbonyl (C=O) groups excluding carboxylic acids is 1. The van der Waals surface area contributed by atoms with E-state index in [1.54, 1.807) is 0 Å². The molecule has 0 aromatic heterocycles. The predicted octanol–water partition coefficient (Wildman–Crippen LogP) is 3.28. The van der Waals surface area contributed by atoms with E-state index in [9.17, 15) is 4.79 Å². The first-order valence-electron chi connectivity index (χ1n) is 8.72. The van der Waals surface area contributed by atoms with Crippen molar-refractivity contribution < 1.29 is 9.53 Å². The molecule has 3 heteroatoms. The molecule has 3 atom stereocenters. The molecule has 3 nitrogen and oxygen atoms in total. The van der Waals surface area contributed by atoms with Crippen LogP contribution in [0.15, 0.2) is 0 Å². The molecule has 0 radical (unpaired) electrons. The fraction of sp³-hybridized carbons (Fsp3) is 0.941. The Labute approximate surface area is 122 Å². The topological polar surface area (TPSA) is 38.3 Å². The highest BCUT2D eigenvalue weighted by Gasteiger charge is 2.42. The lowest BCUT2D eigenvalue weighted by molar-refractivity contribution is -0.126. The Morgan fingerprint density at radius 1 is 1.05 bits per heavy atom. The highest BCUT2D eigenvalue weighted by molar-refractivity contribution is 5.79. The van der Waals surface area contributed by atoms with Gasteiger partial charge in [0.05, 0.1) is 6.10 Å². The van der Waals surface area contributed by atoms with E-state index in [1.807, 2.05) is 0 Å². The number of amides is 1. The molecule has 0 heterocycles. The van der Waals surface area contributed by atoms with E-state index in [0.29, 0.717) is 23.8 Å². The predicted molar refractivity (Wildman–Crippen MR) is 79.4 cm³/mol. The molecule has 3 saturated carbocycles. The van der Waals surface area contributed by atoms with Crippen LogP contribution < -0.4 is 5.32 Å². The van der Waals surface area contributed by atoms with Crippen LogP contribution in [0.1, 0.15) is 64.2 Å². The van der Waals surface area contributed by atoms with Crippen molar-refractivity contribution in [2.45, 2.75) is 70.3 Å². The number of rotatable bonds is 6. The van der Waals surface area contributed by atoms with E-state index in [1.165, 1.54) is 51.4 Å². The maximum absolute atomic E-state index is 12.1. The molecule has 3 rings (SSSR count). The SMILES string of the molecule is O=C(NCCCOC1CCCCC1)C1CC2CCC1C2. The largest absolute Gasteiger partial charge is 0.378 e. The molecule has 114 valence electrons. The van der Waals surface area contributed by atoms with Crippen LogP contribution in [0.2, 0.25) is 0 Å². The standard InChI is InChI=1S/C17H29NO2/c19-17(16-12-13-7-8-14(16)11-13)18-9-4-10-20-15-5-2-1-3-6-15/h13-16H,1-12H2,(H,18,19). The summed E-state index contributed by atoms with van der Waals surface area (Å²) in [7, 11) is 0. The van der Waals surface area contributed by atoms with Crippen LogP contribution >= 0.6 is 0 Å². The fourth-order valence-electron chi connectivity index (χ4n) is 4.46. The van der Waals surface area contributed by atoms with Crippen LogP contribution in [-0.2, 0) is 9.53 Å². The number of hydrogen-bond acceptors (Lipinski definition) is 2. The van der Waals surface area contributed by atoms with E-state index in [2.05, 4.69) is 5.32 Å². The van der Waals surface area contributed by atoms with Gasteiger partial charge in [0.15, 0.2) is 0 Å². The summed E-state index contributed by atoms with van der Waals surface area (Å²) in [5, 5.41) is 3.13. The number of nitrogens with one attached hydrogen (secondary N) is 1. The van der Waals surface area contributed by atoms with E-state index in [-0.39, 0.29) is 0 Å². The van der Waals surface area contributed by atoms with Gasteiger partial charge in [-0.1, -0.05) is 25.7 Å². The summed E-state index contributed by atoms with van der Waals surface area (Å²) in [6.45, 7) is 1.60. The Morgan fingerprint density at radius 3 is 2.60 bits per heavy atom. The molecular weight excluding hydrogens is 250 g/mol. The maximum atomic E-state index is 12.1. The van der Waals surface area contributed by atoms with Gasteiger partial charge >= 0.3 is 0 Å². The van der Waals surface area contributed by atoms with Gasteiger partial charge in [0.1, 0.15) is 0 Å². The zero-order chi connectivity index (χ0) is 13.8. The Kier molecular flexibility index (Phi) is 4.98. The highest BCUT2D eigenvalue weighted by atomic mass is 16.5. The smallest absolute Gasteiger partial charge is 0.223 e. The van der Waals surface area contributed by atoms with Gasteiger partial charge in [-0.15, -0.1) is 0 Å². The van der Waals surface area contributed by atoms with Crippen LogP contribution in [-0.4, -0.2) is 25.2 Å². The second-order valence-electron chi connectivity index (χ2n) is 7.06. The van der Waals surface area contributed by atoms with Gasteiger partial charge in [0.25, 0.3) is 0 Å². The second kappa shape index (κ2) is 6.93. The van der Waals surface area contributed by atoms with Crippen LogP contribution in [0.3, 0.4) is 0 Å². The quantitative estimate of drug-likeness (QED) is 0.758. The van der Waals surface area contributed by atoms with Gasteiger partial charge < -0.3 is 10.1 Å². The Morgan fingerprint density at radius 2 is 1.90 bits per heavy atom. The number of fused-ring (bicyclic) bond motifs is 2. The number of hydrogen-bond donors (Lipinski definition) is 1. The molecule has 0 saturated heterocycles. The minimum atomic E-state index is 0.315. The van der Waals surface area contributed by atoms with E-state index >= 15 is 0 Å². The van der Waals surface area contributed by atoms with E-state index < -0.39 is 0 Å². The molecule has 20 heavy (non-hydrogen) atoms. The third kappa shape index (κ3) is 3.55. The average molecular weight is 279 g/mol. The highest BCUT2D eigenvalue weighted by Crippen LogP contribution is 2.48. The molecule has 3 aliphatic rings. The summed E-state index contributed by atoms with van der Waals surface area (Å²) < 4.78 is 5.89. The molecule has 0 aromatic rings. The summed E-state index contributed by atoms with van der Waals surface area (Å²) >= 11 is 0. The molecule has 3 unspecified atom stereocenters. The van der Waals surface area contributed by atoms with Crippen molar-refractivity contribution in [3.63, 3.8) is 0 Å². The van der Waals surface area contributed by atoms with Gasteiger partial charge in [0.2, 0.25) is 5.91 Å². The van der Waals surface area contributed by atoms with Crippen molar-refractivity contribution in [1.29, 1.82) is 0 Å². The zero-order valence-corrected chi connectivity index (χ0v) is 12.6. The first-order chi connectivity index (χ1) is 9.83. The van der Waals surface area contributed by atoms with Gasteiger partial charge in [-0.25, -0.2) is 0 Å². The third-order valence-electron chi connectivity index (χ3n) is 5.60. The lowest BCUT2D eigenvalue weighted by atomic mass is 9.88. The molecule has 1 N–H and O–H groups in total. The van der Waals surface area contributed by atoms with Crippen LogP contribution in [0.25, 0.3) is 0 Å². The van der Waals surface area contributed by atoms with Gasteiger partial charge in [0, 0.05) is 19.1 Å². The Balaban J connectivity index is 1.25. The van der Waals surface area contributed by atoms with Gasteiger partial charge in [-0.05, 0) is 50.4 Å². The summed E-state index contributed by atoms with van der Waals surface area (Å²) in [5.74, 6) is 2.19. The molecule has 2 bridgehead atoms. The summed E-state index contributed by atoms with van der Waals surface area (Å²) in [6.07, 6.45) is 13.1. The molecule has 0 aromatic carbocycles. The third-order valence-corrected chi connectivity index (χ3v) is 5.60. The fourth-order valence-corrected chi connectivity index (χ4v) is 4.46. The molecule has 1 amide bonds. The average Bonchev–Trinajstić information content (AvgIpc) is 3.10. The minimum Gasteiger partial charge on any atom is -0.378 e. The monoisotopic (exact) mass is 279 g/mol. The van der Waals surface area contributed by atoms with E-state index in [0.717, 1.165) is 31.9 Å². The summed E-state index contributed by atoms with van der Waals surface area (Å²) in [6, 6.07) is 0. The van der Waals surface area contributed by atoms with Crippen molar-refractivity contribution in [2.24, 2.45) is 17.8 Å². The number of carbonyl (C=O) groups is 1. The first kappa shape index (κ1) is 14.4. The van der Waals surface area contributed by atoms with E-state index in [4.69, 9.17) is 4.74 Å². The first-order valence-corrected chi connectivity index (χ1v) is 8.72. The van der Waals surface area contributed by atoms with Crippen LogP contribution in [0, 0.1) is 17.8 Å². The summed E-state index contributed by atoms with van der Waals surface area (Å²) in [4.78, 5) is 12.1. The van der Waals surface area contributed by atoms with Crippen molar-refractivity contribution >= 4 is 5.91 Å². The molecule has 0 spiro atoms.